The highest BCUT2D eigenvalue weighted by atomic mass is 15.1. The predicted molar refractivity (Wildman–Crippen MR) is 82.4 cm³/mol. The third kappa shape index (κ3) is 3.58. The summed E-state index contributed by atoms with van der Waals surface area (Å²) in [6.07, 6.45) is 3.90. The molecule has 106 valence electrons. The van der Waals surface area contributed by atoms with Crippen molar-refractivity contribution in [3.63, 3.8) is 0 Å². The lowest BCUT2D eigenvalue weighted by Gasteiger charge is -2.40. The van der Waals surface area contributed by atoms with Crippen LogP contribution in [-0.4, -0.2) is 31.6 Å². The number of nitrogens with zero attached hydrogens (tertiary/aromatic N) is 1. The van der Waals surface area contributed by atoms with Crippen LogP contribution in [0.15, 0.2) is 24.3 Å². The molecule has 0 radical (unpaired) electrons. The van der Waals surface area contributed by atoms with Gasteiger partial charge in [0, 0.05) is 6.04 Å². The average molecular weight is 260 g/mol. The summed E-state index contributed by atoms with van der Waals surface area (Å²) in [6.45, 7) is 7.99. The van der Waals surface area contributed by atoms with Crippen molar-refractivity contribution in [3.8, 4) is 0 Å². The van der Waals surface area contributed by atoms with Crippen LogP contribution < -0.4 is 5.32 Å². The van der Waals surface area contributed by atoms with Crippen LogP contribution in [-0.2, 0) is 0 Å². The number of aryl methyl sites for hydroxylation is 1. The van der Waals surface area contributed by atoms with Gasteiger partial charge in [-0.05, 0) is 69.9 Å². The molecular formula is C17H28N2. The molecule has 2 nitrogen and oxygen atoms in total. The van der Waals surface area contributed by atoms with E-state index in [0.717, 1.165) is 19.0 Å². The Morgan fingerprint density at radius 2 is 2.11 bits per heavy atom. The number of nitrogens with one attached hydrogen (secondary N) is 1. The van der Waals surface area contributed by atoms with E-state index in [2.05, 4.69) is 55.4 Å². The van der Waals surface area contributed by atoms with Gasteiger partial charge in [0.05, 0.1) is 0 Å². The molecule has 0 saturated carbocycles. The van der Waals surface area contributed by atoms with Crippen molar-refractivity contribution in [2.45, 2.75) is 39.2 Å². The molecule has 0 spiro atoms. The predicted octanol–water partition coefficient (Wildman–Crippen LogP) is 3.38. The lowest BCUT2D eigenvalue weighted by molar-refractivity contribution is 0.119. The summed E-state index contributed by atoms with van der Waals surface area (Å²) in [5.41, 5.74) is 2.95. The number of benzene rings is 1. The first kappa shape index (κ1) is 14.5. The summed E-state index contributed by atoms with van der Waals surface area (Å²) in [6, 6.07) is 9.47. The molecule has 1 heterocycles. The zero-order chi connectivity index (χ0) is 13.7. The van der Waals surface area contributed by atoms with Crippen LogP contribution in [0.1, 0.15) is 43.4 Å². The first-order valence-corrected chi connectivity index (χ1v) is 7.70. The third-order valence-electron chi connectivity index (χ3n) is 4.35. The Morgan fingerprint density at radius 3 is 2.84 bits per heavy atom. The molecule has 0 amide bonds. The Labute approximate surface area is 118 Å². The molecule has 0 aliphatic carbocycles. The van der Waals surface area contributed by atoms with Crippen molar-refractivity contribution in [1.29, 1.82) is 0 Å². The summed E-state index contributed by atoms with van der Waals surface area (Å²) in [4.78, 5) is 2.55. The Balaban J connectivity index is 2.14. The van der Waals surface area contributed by atoms with E-state index >= 15 is 0 Å². The SMILES string of the molecule is CCCNCC1CCCN(C)C1c1ccccc1C. The van der Waals surface area contributed by atoms with Crippen molar-refractivity contribution in [1.82, 2.24) is 10.2 Å². The van der Waals surface area contributed by atoms with E-state index in [9.17, 15) is 0 Å². The molecular weight excluding hydrogens is 232 g/mol. The summed E-state index contributed by atoms with van der Waals surface area (Å²) in [5, 5.41) is 3.62. The molecule has 1 saturated heterocycles. The van der Waals surface area contributed by atoms with E-state index in [4.69, 9.17) is 0 Å². The Bertz CT molecular complexity index is 389. The molecule has 1 aliphatic heterocycles. The van der Waals surface area contributed by atoms with Gasteiger partial charge in [-0.2, -0.15) is 0 Å². The summed E-state index contributed by atoms with van der Waals surface area (Å²) in [7, 11) is 2.28. The minimum absolute atomic E-state index is 0.583. The Morgan fingerprint density at radius 1 is 1.32 bits per heavy atom. The van der Waals surface area contributed by atoms with Crippen LogP contribution in [0, 0.1) is 12.8 Å². The summed E-state index contributed by atoms with van der Waals surface area (Å²) >= 11 is 0. The van der Waals surface area contributed by atoms with E-state index in [0.29, 0.717) is 6.04 Å². The maximum atomic E-state index is 3.62. The van der Waals surface area contributed by atoms with Gasteiger partial charge in [-0.1, -0.05) is 31.2 Å². The van der Waals surface area contributed by atoms with Crippen LogP contribution in [0.2, 0.25) is 0 Å². The van der Waals surface area contributed by atoms with Gasteiger partial charge in [0.1, 0.15) is 0 Å². The van der Waals surface area contributed by atoms with E-state index in [1.807, 2.05) is 0 Å². The first-order chi connectivity index (χ1) is 9.24. The largest absolute Gasteiger partial charge is 0.316 e. The van der Waals surface area contributed by atoms with Crippen LogP contribution in [0.4, 0.5) is 0 Å². The topological polar surface area (TPSA) is 15.3 Å². The maximum Gasteiger partial charge on any atom is 0.0387 e. The summed E-state index contributed by atoms with van der Waals surface area (Å²) in [5.74, 6) is 0.742. The number of rotatable bonds is 5. The molecule has 2 heteroatoms. The quantitative estimate of drug-likeness (QED) is 0.817. The minimum atomic E-state index is 0.583. The van der Waals surface area contributed by atoms with Gasteiger partial charge >= 0.3 is 0 Å². The zero-order valence-corrected chi connectivity index (χ0v) is 12.7. The maximum absolute atomic E-state index is 3.62. The van der Waals surface area contributed by atoms with Crippen molar-refractivity contribution >= 4 is 0 Å². The fourth-order valence-electron chi connectivity index (χ4n) is 3.35. The number of hydrogen-bond acceptors (Lipinski definition) is 2. The van der Waals surface area contributed by atoms with Gasteiger partial charge in [-0.15, -0.1) is 0 Å². The van der Waals surface area contributed by atoms with E-state index < -0.39 is 0 Å². The van der Waals surface area contributed by atoms with Gasteiger partial charge in [0.15, 0.2) is 0 Å². The lowest BCUT2D eigenvalue weighted by atomic mass is 9.83. The molecule has 0 bridgehead atoms. The molecule has 1 fully saturated rings. The smallest absolute Gasteiger partial charge is 0.0387 e. The summed E-state index contributed by atoms with van der Waals surface area (Å²) < 4.78 is 0. The average Bonchev–Trinajstić information content (AvgIpc) is 2.41. The molecule has 2 atom stereocenters. The van der Waals surface area contributed by atoms with E-state index in [1.54, 1.807) is 0 Å². The standard InChI is InChI=1S/C17H28N2/c1-4-11-18-13-15-9-7-12-19(3)17(15)16-10-6-5-8-14(16)2/h5-6,8,10,15,17-18H,4,7,9,11-13H2,1-3H3. The molecule has 19 heavy (non-hydrogen) atoms. The van der Waals surface area contributed by atoms with Gasteiger partial charge in [-0.25, -0.2) is 0 Å². The lowest BCUT2D eigenvalue weighted by Crippen LogP contribution is -2.40. The zero-order valence-electron chi connectivity index (χ0n) is 12.7. The molecule has 1 aromatic carbocycles. The molecule has 2 rings (SSSR count). The fraction of sp³-hybridized carbons (Fsp3) is 0.647. The van der Waals surface area contributed by atoms with Crippen molar-refractivity contribution in [2.75, 3.05) is 26.7 Å². The van der Waals surface area contributed by atoms with Gasteiger partial charge in [0.2, 0.25) is 0 Å². The second-order valence-corrected chi connectivity index (χ2v) is 5.89. The normalized spacial score (nSPS) is 24.6. The highest BCUT2D eigenvalue weighted by molar-refractivity contribution is 5.29. The molecule has 1 aliphatic rings. The van der Waals surface area contributed by atoms with Crippen LogP contribution in [0.3, 0.4) is 0 Å². The van der Waals surface area contributed by atoms with E-state index in [1.165, 1.54) is 36.9 Å². The third-order valence-corrected chi connectivity index (χ3v) is 4.35. The van der Waals surface area contributed by atoms with Crippen molar-refractivity contribution < 1.29 is 0 Å². The van der Waals surface area contributed by atoms with Gasteiger partial charge in [0.25, 0.3) is 0 Å². The van der Waals surface area contributed by atoms with Gasteiger partial charge < -0.3 is 5.32 Å². The monoisotopic (exact) mass is 260 g/mol. The Hall–Kier alpha value is -0.860. The van der Waals surface area contributed by atoms with Crippen LogP contribution >= 0.6 is 0 Å². The fourth-order valence-corrected chi connectivity index (χ4v) is 3.35. The molecule has 1 aromatic rings. The van der Waals surface area contributed by atoms with Crippen molar-refractivity contribution in [3.05, 3.63) is 35.4 Å². The highest BCUT2D eigenvalue weighted by Crippen LogP contribution is 2.35. The second kappa shape index (κ2) is 7.06. The van der Waals surface area contributed by atoms with E-state index in [-0.39, 0.29) is 0 Å². The number of hydrogen-bond donors (Lipinski definition) is 1. The number of piperidine rings is 1. The highest BCUT2D eigenvalue weighted by Gasteiger charge is 2.30. The Kier molecular flexibility index (Phi) is 5.41. The minimum Gasteiger partial charge on any atom is -0.316 e. The van der Waals surface area contributed by atoms with Crippen LogP contribution in [0.25, 0.3) is 0 Å². The first-order valence-electron chi connectivity index (χ1n) is 7.70. The molecule has 2 unspecified atom stereocenters. The van der Waals surface area contributed by atoms with Crippen LogP contribution in [0.5, 0.6) is 0 Å². The number of likely N-dealkylation sites (tertiary alicyclic amines) is 1. The molecule has 0 aromatic heterocycles. The second-order valence-electron chi connectivity index (χ2n) is 5.89. The molecule has 1 N–H and O–H groups in total. The van der Waals surface area contributed by atoms with Crippen molar-refractivity contribution in [2.24, 2.45) is 5.92 Å². The van der Waals surface area contributed by atoms with Gasteiger partial charge in [-0.3, -0.25) is 4.90 Å².